The fraction of sp³-hybridized carbons (Fsp3) is 0.176. The molecule has 2 aromatic heterocycles. The lowest BCUT2D eigenvalue weighted by atomic mass is 10.2. The zero-order valence-corrected chi connectivity index (χ0v) is 13.7. The number of aromatic nitrogens is 2. The number of carbonyl (C=O) groups is 1. The second kappa shape index (κ2) is 7.76. The van der Waals surface area contributed by atoms with Gasteiger partial charge in [-0.05, 0) is 29.1 Å². The molecule has 0 fully saturated rings. The number of amides is 2. The van der Waals surface area contributed by atoms with Crippen LogP contribution in [0.5, 0.6) is 0 Å². The monoisotopic (exact) mass is 342 g/mol. The third-order valence-corrected chi connectivity index (χ3v) is 4.48. The summed E-state index contributed by atoms with van der Waals surface area (Å²) < 4.78 is 1.76. The van der Waals surface area contributed by atoms with E-state index in [0.717, 1.165) is 16.1 Å². The fourth-order valence-corrected chi connectivity index (χ4v) is 3.02. The summed E-state index contributed by atoms with van der Waals surface area (Å²) in [6.45, 7) is 0.546. The smallest absolute Gasteiger partial charge is 0.315 e. The molecule has 124 valence electrons. The molecule has 2 amide bonds. The predicted octanol–water partition coefficient (Wildman–Crippen LogP) is 2.47. The first kappa shape index (κ1) is 16.2. The maximum Gasteiger partial charge on any atom is 0.315 e. The molecule has 0 aliphatic heterocycles. The molecule has 2 heterocycles. The highest BCUT2D eigenvalue weighted by Gasteiger charge is 2.11. The van der Waals surface area contributed by atoms with E-state index in [0.29, 0.717) is 6.54 Å². The van der Waals surface area contributed by atoms with Crippen LogP contribution >= 0.6 is 11.3 Å². The molecule has 3 aromatic rings. The van der Waals surface area contributed by atoms with Crippen LogP contribution in [0.3, 0.4) is 0 Å². The Hall–Kier alpha value is -2.64. The molecule has 0 bridgehead atoms. The van der Waals surface area contributed by atoms with Crippen molar-refractivity contribution < 1.29 is 9.90 Å². The van der Waals surface area contributed by atoms with Crippen LogP contribution in [0.15, 0.2) is 60.2 Å². The summed E-state index contributed by atoms with van der Waals surface area (Å²) in [5, 5.41) is 21.6. The van der Waals surface area contributed by atoms with Gasteiger partial charge in [0, 0.05) is 23.8 Å². The quantitative estimate of drug-likeness (QED) is 0.644. The molecule has 6 nitrogen and oxygen atoms in total. The van der Waals surface area contributed by atoms with Crippen molar-refractivity contribution in [1.82, 2.24) is 20.4 Å². The molecule has 0 aliphatic carbocycles. The van der Waals surface area contributed by atoms with Gasteiger partial charge in [0.25, 0.3) is 0 Å². The Morgan fingerprint density at radius 1 is 1.21 bits per heavy atom. The van der Waals surface area contributed by atoms with Crippen molar-refractivity contribution in [3.63, 3.8) is 0 Å². The lowest BCUT2D eigenvalue weighted by molar-refractivity contribution is 0.176. The van der Waals surface area contributed by atoms with Crippen LogP contribution < -0.4 is 10.6 Å². The van der Waals surface area contributed by atoms with E-state index in [9.17, 15) is 9.90 Å². The van der Waals surface area contributed by atoms with E-state index in [1.807, 2.05) is 54.0 Å². The summed E-state index contributed by atoms with van der Waals surface area (Å²) in [6.07, 6.45) is 2.88. The van der Waals surface area contributed by atoms with Gasteiger partial charge in [-0.2, -0.15) is 5.10 Å². The van der Waals surface area contributed by atoms with E-state index in [1.165, 1.54) is 11.3 Å². The van der Waals surface area contributed by atoms with Crippen molar-refractivity contribution in [3.8, 4) is 5.69 Å². The second-order valence-corrected chi connectivity index (χ2v) is 6.15. The topological polar surface area (TPSA) is 79.2 Å². The minimum Gasteiger partial charge on any atom is -0.386 e. The van der Waals surface area contributed by atoms with Crippen molar-refractivity contribution in [2.24, 2.45) is 0 Å². The molecule has 3 N–H and O–H groups in total. The van der Waals surface area contributed by atoms with Gasteiger partial charge in [-0.3, -0.25) is 0 Å². The number of aliphatic hydroxyl groups is 1. The average Bonchev–Trinajstić information content (AvgIpc) is 3.31. The van der Waals surface area contributed by atoms with Gasteiger partial charge in [-0.1, -0.05) is 24.3 Å². The summed E-state index contributed by atoms with van der Waals surface area (Å²) in [5.41, 5.74) is 1.87. The molecule has 0 saturated carbocycles. The number of rotatable bonds is 6. The highest BCUT2D eigenvalue weighted by atomic mass is 32.1. The van der Waals surface area contributed by atoms with Crippen LogP contribution in [0.25, 0.3) is 5.69 Å². The largest absolute Gasteiger partial charge is 0.386 e. The third kappa shape index (κ3) is 4.01. The zero-order valence-electron chi connectivity index (χ0n) is 12.9. The van der Waals surface area contributed by atoms with Crippen LogP contribution in [0.1, 0.15) is 16.5 Å². The lowest BCUT2D eigenvalue weighted by Crippen LogP contribution is -2.37. The Labute approximate surface area is 143 Å². The third-order valence-electron chi connectivity index (χ3n) is 3.51. The standard InChI is InChI=1S/C17H18N4O2S/c22-15(16-7-3-10-24-16)12-19-17(23)18-11-13-5-1-2-6-14(13)21-9-4-8-20-21/h1-10,15,22H,11-12H2,(H2,18,19,23)/t15-/m1/s1. The van der Waals surface area contributed by atoms with Gasteiger partial charge < -0.3 is 15.7 Å². The Morgan fingerprint density at radius 2 is 2.08 bits per heavy atom. The number of nitrogens with zero attached hydrogens (tertiary/aromatic N) is 2. The molecular formula is C17H18N4O2S. The van der Waals surface area contributed by atoms with Gasteiger partial charge in [-0.15, -0.1) is 11.3 Å². The zero-order chi connectivity index (χ0) is 16.8. The Balaban J connectivity index is 1.53. The van der Waals surface area contributed by atoms with Gasteiger partial charge in [0.15, 0.2) is 0 Å². The minimum atomic E-state index is -0.688. The number of benzene rings is 1. The van der Waals surface area contributed by atoms with Crippen molar-refractivity contribution in [3.05, 3.63) is 70.7 Å². The average molecular weight is 342 g/mol. The van der Waals surface area contributed by atoms with Crippen LogP contribution in [0.4, 0.5) is 4.79 Å². The maximum atomic E-state index is 11.9. The number of aliphatic hydroxyl groups excluding tert-OH is 1. The predicted molar refractivity (Wildman–Crippen MR) is 93.1 cm³/mol. The van der Waals surface area contributed by atoms with Crippen molar-refractivity contribution in [2.75, 3.05) is 6.54 Å². The van der Waals surface area contributed by atoms with Crippen molar-refractivity contribution >= 4 is 17.4 Å². The van der Waals surface area contributed by atoms with E-state index in [4.69, 9.17) is 0 Å². The van der Waals surface area contributed by atoms with E-state index in [1.54, 1.807) is 10.9 Å². The van der Waals surface area contributed by atoms with Crippen LogP contribution in [0.2, 0.25) is 0 Å². The van der Waals surface area contributed by atoms with E-state index >= 15 is 0 Å². The molecule has 0 unspecified atom stereocenters. The number of nitrogens with one attached hydrogen (secondary N) is 2. The molecule has 0 radical (unpaired) electrons. The molecule has 3 rings (SSSR count). The van der Waals surface area contributed by atoms with E-state index in [-0.39, 0.29) is 12.6 Å². The summed E-state index contributed by atoms with van der Waals surface area (Å²) in [6, 6.07) is 13.0. The lowest BCUT2D eigenvalue weighted by Gasteiger charge is -2.13. The molecular weight excluding hydrogens is 324 g/mol. The van der Waals surface area contributed by atoms with Crippen molar-refractivity contribution in [1.29, 1.82) is 0 Å². The molecule has 7 heteroatoms. The summed E-state index contributed by atoms with van der Waals surface area (Å²) in [7, 11) is 0. The molecule has 1 aromatic carbocycles. The Bertz CT molecular complexity index is 772. The van der Waals surface area contributed by atoms with Gasteiger partial charge in [0.05, 0.1) is 12.2 Å². The molecule has 1 atom stereocenters. The highest BCUT2D eigenvalue weighted by molar-refractivity contribution is 7.10. The minimum absolute atomic E-state index is 0.174. The Morgan fingerprint density at radius 3 is 2.83 bits per heavy atom. The number of carbonyl (C=O) groups excluding carboxylic acids is 1. The number of para-hydroxylation sites is 1. The van der Waals surface area contributed by atoms with Crippen LogP contribution in [0, 0.1) is 0 Å². The number of urea groups is 1. The fourth-order valence-electron chi connectivity index (χ4n) is 2.30. The first-order valence-corrected chi connectivity index (χ1v) is 8.43. The van der Waals surface area contributed by atoms with Crippen LogP contribution in [-0.4, -0.2) is 27.5 Å². The van der Waals surface area contributed by atoms with Gasteiger partial charge in [-0.25, -0.2) is 9.48 Å². The van der Waals surface area contributed by atoms with Gasteiger partial charge in [0.2, 0.25) is 0 Å². The van der Waals surface area contributed by atoms with Gasteiger partial charge >= 0.3 is 6.03 Å². The van der Waals surface area contributed by atoms with E-state index < -0.39 is 6.10 Å². The SMILES string of the molecule is O=C(NCc1ccccc1-n1cccn1)NC[C@@H](O)c1cccs1. The highest BCUT2D eigenvalue weighted by Crippen LogP contribution is 2.17. The number of hydrogen-bond acceptors (Lipinski definition) is 4. The molecule has 24 heavy (non-hydrogen) atoms. The molecule has 0 spiro atoms. The van der Waals surface area contributed by atoms with Gasteiger partial charge in [0.1, 0.15) is 6.10 Å². The summed E-state index contributed by atoms with van der Waals surface area (Å²) in [4.78, 5) is 12.8. The normalized spacial score (nSPS) is 11.9. The van der Waals surface area contributed by atoms with E-state index in [2.05, 4.69) is 15.7 Å². The van der Waals surface area contributed by atoms with Crippen LogP contribution in [-0.2, 0) is 6.54 Å². The van der Waals surface area contributed by atoms with Crippen molar-refractivity contribution in [2.45, 2.75) is 12.6 Å². The molecule has 0 aliphatic rings. The molecule has 0 saturated heterocycles. The first-order valence-electron chi connectivity index (χ1n) is 7.55. The second-order valence-electron chi connectivity index (χ2n) is 5.17. The number of hydrogen-bond donors (Lipinski definition) is 3. The number of thiophene rings is 1. The Kier molecular flexibility index (Phi) is 5.25. The first-order chi connectivity index (χ1) is 11.7. The summed E-state index contributed by atoms with van der Waals surface area (Å²) in [5.74, 6) is 0. The summed E-state index contributed by atoms with van der Waals surface area (Å²) >= 11 is 1.46. The maximum absolute atomic E-state index is 11.9.